The Kier molecular flexibility index (Phi) is 6.30. The van der Waals surface area contributed by atoms with Gasteiger partial charge in [-0.05, 0) is 67.3 Å². The third-order valence-electron chi connectivity index (χ3n) is 6.38. The highest BCUT2D eigenvalue weighted by molar-refractivity contribution is 7.90. The molecule has 0 saturated carbocycles. The maximum atomic E-state index is 13.5. The first-order valence-electron chi connectivity index (χ1n) is 10.7. The number of carboxylic acid groups (broad SMARTS) is 1. The van der Waals surface area contributed by atoms with Gasteiger partial charge < -0.3 is 9.84 Å². The minimum Gasteiger partial charge on any atom is -0.480 e. The number of benzene rings is 2. The number of esters is 1. The van der Waals surface area contributed by atoms with Gasteiger partial charge in [0.1, 0.15) is 5.92 Å². The number of rotatable bonds is 5. The van der Waals surface area contributed by atoms with E-state index in [1.165, 1.54) is 12.1 Å². The molecule has 180 valence electrons. The number of carbonyl (C=O) groups is 3. The van der Waals surface area contributed by atoms with Gasteiger partial charge in [-0.25, -0.2) is 8.42 Å². The Morgan fingerprint density at radius 1 is 1.26 bits per heavy atom. The summed E-state index contributed by atoms with van der Waals surface area (Å²) in [4.78, 5) is 39.2. The number of hydrogen-bond donors (Lipinski definition) is 1. The molecule has 0 aliphatic carbocycles. The van der Waals surface area contributed by atoms with E-state index in [-0.39, 0.29) is 23.0 Å². The molecule has 2 aliphatic heterocycles. The average Bonchev–Trinajstić information content (AvgIpc) is 2.97. The van der Waals surface area contributed by atoms with Crippen molar-refractivity contribution < 1.29 is 32.6 Å². The summed E-state index contributed by atoms with van der Waals surface area (Å²) in [6.45, 7) is 2.07. The summed E-state index contributed by atoms with van der Waals surface area (Å²) in [5, 5.41) is 9.38. The molecule has 0 radical (unpaired) electrons. The smallest absolute Gasteiger partial charge is 0.322 e. The molecule has 4 rings (SSSR count). The van der Waals surface area contributed by atoms with Gasteiger partial charge in [-0.3, -0.25) is 19.3 Å². The van der Waals surface area contributed by atoms with Crippen LogP contribution in [0, 0.1) is 6.92 Å². The Morgan fingerprint density at radius 3 is 2.68 bits per heavy atom. The number of carbonyl (C=O) groups excluding carboxylic acids is 2. The van der Waals surface area contributed by atoms with Crippen molar-refractivity contribution in [3.8, 4) is 11.1 Å². The lowest BCUT2D eigenvalue weighted by molar-refractivity contribution is -0.158. The molecule has 2 aromatic rings. The number of Topliss-reactive ketones (excluding diaryl/α,β-unsaturated/α-hetero) is 1. The molecule has 0 amide bonds. The molecule has 0 bridgehead atoms. The van der Waals surface area contributed by atoms with E-state index in [1.807, 2.05) is 0 Å². The number of carboxylic acids is 1. The zero-order chi connectivity index (χ0) is 24.8. The van der Waals surface area contributed by atoms with Crippen molar-refractivity contribution in [2.24, 2.45) is 0 Å². The fourth-order valence-corrected chi connectivity index (χ4v) is 5.73. The molecule has 2 saturated heterocycles. The highest BCUT2D eigenvalue weighted by Gasteiger charge is 2.57. The quantitative estimate of drug-likeness (QED) is 0.487. The van der Waals surface area contributed by atoms with Crippen molar-refractivity contribution in [3.63, 3.8) is 0 Å². The van der Waals surface area contributed by atoms with Crippen LogP contribution >= 0.6 is 11.6 Å². The number of nitrogens with zero attached hydrogens (tertiary/aromatic N) is 1. The van der Waals surface area contributed by atoms with Crippen molar-refractivity contribution in [1.29, 1.82) is 0 Å². The molecular weight excluding hydrogens is 482 g/mol. The summed E-state index contributed by atoms with van der Waals surface area (Å²) < 4.78 is 29.5. The van der Waals surface area contributed by atoms with Gasteiger partial charge in [0.05, 0.1) is 11.4 Å². The first-order valence-corrected chi connectivity index (χ1v) is 13.0. The largest absolute Gasteiger partial charge is 0.480 e. The molecule has 2 aromatic carbocycles. The van der Waals surface area contributed by atoms with Crippen LogP contribution in [0.3, 0.4) is 0 Å². The molecule has 8 nitrogen and oxygen atoms in total. The summed E-state index contributed by atoms with van der Waals surface area (Å²) in [6, 6.07) is 9.66. The maximum absolute atomic E-state index is 13.5. The van der Waals surface area contributed by atoms with Gasteiger partial charge in [-0.1, -0.05) is 23.7 Å². The van der Waals surface area contributed by atoms with E-state index < -0.39 is 39.1 Å². The number of ether oxygens (including phenoxy) is 1. The molecule has 2 heterocycles. The molecule has 2 atom stereocenters. The van der Waals surface area contributed by atoms with Gasteiger partial charge in [0.15, 0.2) is 21.2 Å². The van der Waals surface area contributed by atoms with E-state index in [4.69, 9.17) is 21.4 Å². The lowest BCUT2D eigenvalue weighted by atomic mass is 9.81. The lowest BCUT2D eigenvalue weighted by Gasteiger charge is -2.37. The zero-order valence-electron chi connectivity index (χ0n) is 18.7. The molecule has 1 N–H and O–H groups in total. The second-order valence-corrected chi connectivity index (χ2v) is 11.3. The number of likely N-dealkylation sites (tertiary alicyclic amines) is 1. The Balaban J connectivity index is 1.68. The highest BCUT2D eigenvalue weighted by atomic mass is 35.5. The first-order chi connectivity index (χ1) is 15.9. The molecule has 34 heavy (non-hydrogen) atoms. The van der Waals surface area contributed by atoms with Gasteiger partial charge >= 0.3 is 11.9 Å². The Morgan fingerprint density at radius 2 is 2.00 bits per heavy atom. The molecule has 0 aromatic heterocycles. The fourth-order valence-electron chi connectivity index (χ4n) is 4.78. The topological polar surface area (TPSA) is 118 Å². The van der Waals surface area contributed by atoms with Crippen molar-refractivity contribution in [1.82, 2.24) is 4.90 Å². The van der Waals surface area contributed by atoms with Crippen LogP contribution in [0.2, 0.25) is 5.02 Å². The summed E-state index contributed by atoms with van der Waals surface area (Å²) in [5.74, 6) is -3.23. The standard InChI is InChI=1S/C24H24ClNO7S/c1-14-9-18(15-5-3-6-16(10-15)34(2,31)32)19(25)11-17(14)21-22(29)24(33-23(21)30)7-4-8-26(13-24)12-20(27)28/h3,5-6,9-11,21H,4,7-8,12-13H2,1-2H3,(H,27,28). The predicted molar refractivity (Wildman–Crippen MR) is 125 cm³/mol. The van der Waals surface area contributed by atoms with E-state index in [1.54, 1.807) is 36.1 Å². The van der Waals surface area contributed by atoms with Crippen LogP contribution in [0.25, 0.3) is 11.1 Å². The van der Waals surface area contributed by atoms with Crippen LogP contribution in [-0.2, 0) is 29.0 Å². The van der Waals surface area contributed by atoms with Crippen molar-refractivity contribution in [2.45, 2.75) is 36.2 Å². The highest BCUT2D eigenvalue weighted by Crippen LogP contribution is 2.42. The summed E-state index contributed by atoms with van der Waals surface area (Å²) in [7, 11) is -3.41. The lowest BCUT2D eigenvalue weighted by Crippen LogP contribution is -2.53. The molecule has 2 fully saturated rings. The monoisotopic (exact) mass is 505 g/mol. The Bertz CT molecular complexity index is 1310. The first kappa shape index (κ1) is 24.4. The van der Waals surface area contributed by atoms with Crippen molar-refractivity contribution in [2.75, 3.05) is 25.9 Å². The van der Waals surface area contributed by atoms with E-state index in [2.05, 4.69) is 0 Å². The van der Waals surface area contributed by atoms with Crippen LogP contribution in [0.15, 0.2) is 41.3 Å². The zero-order valence-corrected chi connectivity index (χ0v) is 20.3. The van der Waals surface area contributed by atoms with Gasteiger partial charge in [0.2, 0.25) is 0 Å². The van der Waals surface area contributed by atoms with E-state index in [0.717, 1.165) is 6.26 Å². The second-order valence-electron chi connectivity index (χ2n) is 8.91. The molecule has 2 unspecified atom stereocenters. The van der Waals surface area contributed by atoms with Crippen LogP contribution in [-0.4, -0.2) is 67.6 Å². The van der Waals surface area contributed by atoms with E-state index in [0.29, 0.717) is 41.6 Å². The summed E-state index contributed by atoms with van der Waals surface area (Å²) in [5.41, 5.74) is 0.866. The minimum absolute atomic E-state index is 0.0452. The van der Waals surface area contributed by atoms with Crippen molar-refractivity contribution >= 4 is 39.2 Å². The number of ketones is 1. The summed E-state index contributed by atoms with van der Waals surface area (Å²) in [6.07, 6.45) is 2.00. The molecule has 2 aliphatic rings. The predicted octanol–water partition coefficient (Wildman–Crippen LogP) is 2.85. The maximum Gasteiger partial charge on any atom is 0.322 e. The van der Waals surface area contributed by atoms with E-state index in [9.17, 15) is 22.8 Å². The normalized spacial score (nSPS) is 23.3. The number of aryl methyl sites for hydroxylation is 1. The van der Waals surface area contributed by atoms with Gasteiger partial charge in [-0.2, -0.15) is 0 Å². The van der Waals surface area contributed by atoms with Crippen molar-refractivity contribution in [3.05, 3.63) is 52.5 Å². The minimum atomic E-state index is -3.41. The van der Waals surface area contributed by atoms with Crippen LogP contribution in [0.5, 0.6) is 0 Å². The third-order valence-corrected chi connectivity index (χ3v) is 7.80. The SMILES string of the molecule is Cc1cc(-c2cccc(S(C)(=O)=O)c2)c(Cl)cc1C1C(=O)OC2(CCCN(CC(=O)O)C2)C1=O. The molecular formula is C24H24ClNO7S. The molecule has 10 heteroatoms. The Labute approximate surface area is 202 Å². The van der Waals surface area contributed by atoms with Crippen LogP contribution < -0.4 is 0 Å². The number of hydrogen-bond acceptors (Lipinski definition) is 7. The second kappa shape index (κ2) is 8.79. The Hall–Kier alpha value is -2.75. The van der Waals surface area contributed by atoms with E-state index >= 15 is 0 Å². The fraction of sp³-hybridized carbons (Fsp3) is 0.375. The summed E-state index contributed by atoms with van der Waals surface area (Å²) >= 11 is 6.55. The number of piperidine rings is 1. The van der Waals surface area contributed by atoms with Crippen LogP contribution in [0.4, 0.5) is 0 Å². The number of sulfone groups is 1. The van der Waals surface area contributed by atoms with Crippen LogP contribution in [0.1, 0.15) is 29.9 Å². The number of aliphatic carboxylic acids is 1. The third kappa shape index (κ3) is 4.47. The van der Waals surface area contributed by atoms with Gasteiger partial charge in [0, 0.05) is 23.4 Å². The molecule has 1 spiro atoms. The average molecular weight is 506 g/mol. The number of halogens is 1. The van der Waals surface area contributed by atoms with Gasteiger partial charge in [0.25, 0.3) is 0 Å². The van der Waals surface area contributed by atoms with Gasteiger partial charge in [-0.15, -0.1) is 0 Å².